The number of rotatable bonds is 6. The summed E-state index contributed by atoms with van der Waals surface area (Å²) in [5.74, 6) is 0.509. The van der Waals surface area contributed by atoms with Crippen molar-refractivity contribution >= 4 is 26.7 Å². The molecule has 1 aliphatic rings. The van der Waals surface area contributed by atoms with Crippen LogP contribution in [0.25, 0.3) is 10.8 Å². The Bertz CT molecular complexity index is 900. The Labute approximate surface area is 161 Å². The lowest BCUT2D eigenvalue weighted by atomic mass is 9.99. The fourth-order valence-corrected chi connectivity index (χ4v) is 5.20. The summed E-state index contributed by atoms with van der Waals surface area (Å²) in [6, 6.07) is 6.87. The molecule has 0 bridgehead atoms. The van der Waals surface area contributed by atoms with Crippen LogP contribution in [0.2, 0.25) is 0 Å². The van der Waals surface area contributed by atoms with Gasteiger partial charge >= 0.3 is 0 Å². The summed E-state index contributed by atoms with van der Waals surface area (Å²) >= 11 is 0. The molecule has 0 atom stereocenters. The second kappa shape index (κ2) is 8.35. The first-order valence-electron chi connectivity index (χ1n) is 9.54. The fourth-order valence-electron chi connectivity index (χ4n) is 3.50. The van der Waals surface area contributed by atoms with Crippen molar-refractivity contribution in [1.82, 2.24) is 14.2 Å². The highest BCUT2D eigenvalue weighted by molar-refractivity contribution is 7.89. The third-order valence-corrected chi connectivity index (χ3v) is 7.08. The third kappa shape index (κ3) is 4.30. The first-order valence-corrected chi connectivity index (χ1v) is 11.0. The van der Waals surface area contributed by atoms with Crippen LogP contribution in [-0.2, 0) is 14.8 Å². The van der Waals surface area contributed by atoms with Crippen LogP contribution < -0.4 is 0 Å². The van der Waals surface area contributed by atoms with Gasteiger partial charge in [-0.2, -0.15) is 4.31 Å². The third-order valence-electron chi connectivity index (χ3n) is 5.18. The van der Waals surface area contributed by atoms with E-state index in [1.54, 1.807) is 35.5 Å². The maximum atomic E-state index is 13.3. The van der Waals surface area contributed by atoms with Crippen LogP contribution in [0.5, 0.6) is 0 Å². The molecule has 27 heavy (non-hydrogen) atoms. The fraction of sp³-hybridized carbons (Fsp3) is 0.500. The maximum absolute atomic E-state index is 13.3. The van der Waals surface area contributed by atoms with E-state index in [1.807, 2.05) is 13.0 Å². The highest BCUT2D eigenvalue weighted by Crippen LogP contribution is 2.25. The van der Waals surface area contributed by atoms with E-state index in [0.29, 0.717) is 37.4 Å². The summed E-state index contributed by atoms with van der Waals surface area (Å²) in [5.41, 5.74) is 0. The maximum Gasteiger partial charge on any atom is 0.244 e. The van der Waals surface area contributed by atoms with E-state index in [1.165, 1.54) is 4.31 Å². The minimum atomic E-state index is -3.78. The minimum Gasteiger partial charge on any atom is -0.342 e. The number of aromatic nitrogens is 1. The van der Waals surface area contributed by atoms with Crippen molar-refractivity contribution in [3.8, 4) is 0 Å². The van der Waals surface area contributed by atoms with E-state index >= 15 is 0 Å². The highest BCUT2D eigenvalue weighted by Gasteiger charge is 2.30. The molecule has 0 N–H and O–H groups in total. The Balaban J connectivity index is 1.87. The summed E-state index contributed by atoms with van der Waals surface area (Å²) < 4.78 is 28.0. The normalized spacial score (nSPS) is 16.2. The van der Waals surface area contributed by atoms with Gasteiger partial charge in [-0.25, -0.2) is 8.42 Å². The summed E-state index contributed by atoms with van der Waals surface area (Å²) in [5, 5.41) is 1.40. The molecule has 1 fully saturated rings. The molecule has 0 unspecified atom stereocenters. The largest absolute Gasteiger partial charge is 0.342 e. The number of hydrogen-bond acceptors (Lipinski definition) is 4. The van der Waals surface area contributed by atoms with Crippen LogP contribution in [-0.4, -0.2) is 54.7 Å². The van der Waals surface area contributed by atoms with E-state index in [2.05, 4.69) is 11.9 Å². The van der Waals surface area contributed by atoms with Crippen LogP contribution >= 0.6 is 0 Å². The van der Waals surface area contributed by atoms with Gasteiger partial charge in [-0.05, 0) is 37.3 Å². The van der Waals surface area contributed by atoms with Crippen molar-refractivity contribution in [2.24, 2.45) is 5.92 Å². The first-order chi connectivity index (χ1) is 12.9. The zero-order chi connectivity index (χ0) is 19.4. The summed E-state index contributed by atoms with van der Waals surface area (Å²) in [4.78, 5) is 18.8. The number of carbonyl (C=O) groups is 1. The monoisotopic (exact) mass is 389 g/mol. The lowest BCUT2D eigenvalue weighted by Gasteiger charge is -2.32. The van der Waals surface area contributed by atoms with Crippen molar-refractivity contribution in [2.75, 3.05) is 26.2 Å². The number of nitrogens with zero attached hydrogens (tertiary/aromatic N) is 3. The molecule has 1 aromatic carbocycles. The van der Waals surface area contributed by atoms with Gasteiger partial charge in [0.15, 0.2) is 0 Å². The molecular formula is C20H27N3O3S. The van der Waals surface area contributed by atoms with Crippen molar-refractivity contribution in [3.63, 3.8) is 0 Å². The Kier molecular flexibility index (Phi) is 6.11. The van der Waals surface area contributed by atoms with Gasteiger partial charge in [0, 0.05) is 42.8 Å². The van der Waals surface area contributed by atoms with Crippen molar-refractivity contribution in [3.05, 3.63) is 36.7 Å². The van der Waals surface area contributed by atoms with Crippen LogP contribution in [0.4, 0.5) is 0 Å². The molecule has 6 nitrogen and oxygen atoms in total. The number of piperidine rings is 1. The van der Waals surface area contributed by atoms with Crippen LogP contribution in [0, 0.1) is 5.92 Å². The highest BCUT2D eigenvalue weighted by atomic mass is 32.2. The molecule has 0 spiro atoms. The number of likely N-dealkylation sites (tertiary alicyclic amines) is 1. The molecule has 1 aromatic heterocycles. The Hall–Kier alpha value is -1.99. The number of hydrogen-bond donors (Lipinski definition) is 0. The van der Waals surface area contributed by atoms with E-state index in [-0.39, 0.29) is 17.3 Å². The average molecular weight is 390 g/mol. The van der Waals surface area contributed by atoms with Gasteiger partial charge in [-0.1, -0.05) is 26.0 Å². The first kappa shape index (κ1) is 19.8. The van der Waals surface area contributed by atoms with Crippen LogP contribution in [0.3, 0.4) is 0 Å². The van der Waals surface area contributed by atoms with Gasteiger partial charge in [0.2, 0.25) is 15.9 Å². The molecule has 146 valence electrons. The van der Waals surface area contributed by atoms with Crippen molar-refractivity contribution < 1.29 is 13.2 Å². The molecule has 3 rings (SSSR count). The SMILES string of the molecule is CCCN(CC(=O)N1CCC(C)CC1)S(=O)(=O)c1cccc2cnccc12. The van der Waals surface area contributed by atoms with Crippen molar-refractivity contribution in [1.29, 1.82) is 0 Å². The summed E-state index contributed by atoms with van der Waals surface area (Å²) in [7, 11) is -3.78. The van der Waals surface area contributed by atoms with Crippen LogP contribution in [0.1, 0.15) is 33.1 Å². The lowest BCUT2D eigenvalue weighted by molar-refractivity contribution is -0.132. The van der Waals surface area contributed by atoms with Gasteiger partial charge in [0.1, 0.15) is 0 Å². The number of fused-ring (bicyclic) bond motifs is 1. The number of sulfonamides is 1. The van der Waals surface area contributed by atoms with Gasteiger partial charge in [0.05, 0.1) is 11.4 Å². The Morgan fingerprint density at radius 2 is 2.00 bits per heavy atom. The van der Waals surface area contributed by atoms with Gasteiger partial charge in [-0.15, -0.1) is 0 Å². The lowest BCUT2D eigenvalue weighted by Crippen LogP contribution is -2.45. The zero-order valence-electron chi connectivity index (χ0n) is 16.0. The smallest absolute Gasteiger partial charge is 0.244 e. The van der Waals surface area contributed by atoms with Gasteiger partial charge < -0.3 is 4.90 Å². The average Bonchev–Trinajstić information content (AvgIpc) is 2.67. The number of pyridine rings is 1. The molecule has 1 saturated heterocycles. The molecule has 0 radical (unpaired) electrons. The second-order valence-corrected chi connectivity index (χ2v) is 9.16. The molecule has 0 saturated carbocycles. The quantitative estimate of drug-likeness (QED) is 0.762. The Morgan fingerprint density at radius 3 is 2.70 bits per heavy atom. The van der Waals surface area contributed by atoms with Gasteiger partial charge in [-0.3, -0.25) is 9.78 Å². The van der Waals surface area contributed by atoms with Gasteiger partial charge in [0.25, 0.3) is 0 Å². The van der Waals surface area contributed by atoms with E-state index in [9.17, 15) is 13.2 Å². The second-order valence-electron chi connectivity index (χ2n) is 7.25. The Morgan fingerprint density at radius 1 is 1.26 bits per heavy atom. The topological polar surface area (TPSA) is 70.6 Å². The molecule has 0 aliphatic carbocycles. The zero-order valence-corrected chi connectivity index (χ0v) is 16.8. The van der Waals surface area contributed by atoms with E-state index in [4.69, 9.17) is 0 Å². The molecular weight excluding hydrogens is 362 g/mol. The minimum absolute atomic E-state index is 0.105. The van der Waals surface area contributed by atoms with E-state index in [0.717, 1.165) is 18.2 Å². The predicted molar refractivity (Wildman–Crippen MR) is 106 cm³/mol. The molecule has 1 amide bonds. The number of benzene rings is 1. The number of amides is 1. The molecule has 1 aliphatic heterocycles. The molecule has 2 heterocycles. The molecule has 7 heteroatoms. The summed E-state index contributed by atoms with van der Waals surface area (Å²) in [6.45, 7) is 5.74. The molecule has 2 aromatic rings. The van der Waals surface area contributed by atoms with Crippen molar-refractivity contribution in [2.45, 2.75) is 38.0 Å². The predicted octanol–water partition coefficient (Wildman–Crippen LogP) is 2.89. The standard InChI is InChI=1S/C20H27N3O3S/c1-3-11-23(15-20(24)22-12-8-16(2)9-13-22)27(25,26)19-6-4-5-17-14-21-10-7-18(17)19/h4-7,10,14,16H,3,8-9,11-13,15H2,1-2H3. The van der Waals surface area contributed by atoms with Crippen LogP contribution in [0.15, 0.2) is 41.6 Å². The number of carbonyl (C=O) groups excluding carboxylic acids is 1. The van der Waals surface area contributed by atoms with E-state index < -0.39 is 10.0 Å². The summed E-state index contributed by atoms with van der Waals surface area (Å²) in [6.07, 6.45) is 5.84.